The van der Waals surface area contributed by atoms with Crippen LogP contribution in [0.25, 0.3) is 0 Å². The summed E-state index contributed by atoms with van der Waals surface area (Å²) in [7, 11) is 4.09. The van der Waals surface area contributed by atoms with Crippen LogP contribution in [0.5, 0.6) is 0 Å². The third kappa shape index (κ3) is 4.81. The van der Waals surface area contributed by atoms with Crippen LogP contribution in [0.2, 0.25) is 0 Å². The number of anilines is 2. The molecule has 0 bridgehead atoms. The van der Waals surface area contributed by atoms with E-state index in [0.717, 1.165) is 24.5 Å². The van der Waals surface area contributed by atoms with Crippen LogP contribution in [0.1, 0.15) is 5.56 Å². The average molecular weight is 272 g/mol. The summed E-state index contributed by atoms with van der Waals surface area (Å²) in [6.07, 6.45) is 5.30. The molecule has 0 aliphatic heterocycles. The van der Waals surface area contributed by atoms with Gasteiger partial charge in [0.2, 0.25) is 5.95 Å². The van der Waals surface area contributed by atoms with E-state index in [1.807, 2.05) is 32.3 Å². The molecule has 2 aromatic heterocycles. The zero-order chi connectivity index (χ0) is 14.2. The van der Waals surface area contributed by atoms with Crippen molar-refractivity contribution in [3.8, 4) is 0 Å². The van der Waals surface area contributed by atoms with Crippen LogP contribution < -0.4 is 10.6 Å². The highest BCUT2D eigenvalue weighted by atomic mass is 15.1. The first-order valence-corrected chi connectivity index (χ1v) is 6.58. The van der Waals surface area contributed by atoms with Crippen molar-refractivity contribution in [1.29, 1.82) is 0 Å². The molecular weight excluding hydrogens is 252 g/mol. The fraction of sp³-hybridized carbons (Fsp3) is 0.357. The Morgan fingerprint density at radius 3 is 2.60 bits per heavy atom. The minimum absolute atomic E-state index is 0.622. The lowest BCUT2D eigenvalue weighted by molar-refractivity contribution is 0.425. The molecular formula is C14H20N6. The number of likely N-dealkylation sites (N-methyl/N-ethyl adjacent to an activating group) is 1. The molecule has 0 atom stereocenters. The van der Waals surface area contributed by atoms with Gasteiger partial charge in [0, 0.05) is 38.2 Å². The van der Waals surface area contributed by atoms with Crippen molar-refractivity contribution >= 4 is 11.8 Å². The van der Waals surface area contributed by atoms with E-state index in [2.05, 4.69) is 30.5 Å². The monoisotopic (exact) mass is 272 g/mol. The Kier molecular flexibility index (Phi) is 5.25. The minimum atomic E-state index is 0.622. The molecule has 0 fully saturated rings. The second-order valence-electron chi connectivity index (χ2n) is 4.70. The molecule has 0 aromatic carbocycles. The summed E-state index contributed by atoms with van der Waals surface area (Å²) in [5.41, 5.74) is 1.15. The maximum absolute atomic E-state index is 4.42. The molecule has 0 aliphatic carbocycles. The molecule has 2 rings (SSSR count). The maximum atomic E-state index is 4.42. The van der Waals surface area contributed by atoms with Crippen LogP contribution >= 0.6 is 0 Å². The van der Waals surface area contributed by atoms with Crippen molar-refractivity contribution in [2.45, 2.75) is 6.54 Å². The number of nitrogens with zero attached hydrogens (tertiary/aromatic N) is 4. The Morgan fingerprint density at radius 2 is 1.85 bits per heavy atom. The quantitative estimate of drug-likeness (QED) is 0.795. The molecule has 20 heavy (non-hydrogen) atoms. The highest BCUT2D eigenvalue weighted by Crippen LogP contribution is 2.07. The molecule has 106 valence electrons. The van der Waals surface area contributed by atoms with Crippen molar-refractivity contribution in [1.82, 2.24) is 19.9 Å². The molecule has 0 saturated carbocycles. The molecule has 2 aromatic rings. The van der Waals surface area contributed by atoms with Crippen molar-refractivity contribution in [3.05, 3.63) is 42.4 Å². The molecule has 0 radical (unpaired) electrons. The number of pyridine rings is 1. The predicted molar refractivity (Wildman–Crippen MR) is 80.6 cm³/mol. The van der Waals surface area contributed by atoms with Gasteiger partial charge in [-0.2, -0.15) is 4.98 Å². The molecule has 0 amide bonds. The SMILES string of the molecule is CN(C)CCNc1ccnc(NCc2ccncc2)n1. The van der Waals surface area contributed by atoms with Gasteiger partial charge in [0.05, 0.1) is 0 Å². The Balaban J connectivity index is 1.86. The van der Waals surface area contributed by atoms with Gasteiger partial charge in [0.15, 0.2) is 0 Å². The third-order valence-electron chi connectivity index (χ3n) is 2.72. The molecule has 0 spiro atoms. The Bertz CT molecular complexity index is 514. The summed E-state index contributed by atoms with van der Waals surface area (Å²) in [6, 6.07) is 5.80. The summed E-state index contributed by atoms with van der Waals surface area (Å²) in [5, 5.41) is 6.47. The van der Waals surface area contributed by atoms with Crippen molar-refractivity contribution < 1.29 is 0 Å². The summed E-state index contributed by atoms with van der Waals surface area (Å²) < 4.78 is 0. The van der Waals surface area contributed by atoms with Gasteiger partial charge in [0.25, 0.3) is 0 Å². The summed E-state index contributed by atoms with van der Waals surface area (Å²) in [6.45, 7) is 2.50. The van der Waals surface area contributed by atoms with E-state index in [4.69, 9.17) is 0 Å². The number of nitrogens with one attached hydrogen (secondary N) is 2. The van der Waals surface area contributed by atoms with E-state index in [1.165, 1.54) is 0 Å². The Labute approximate surface area is 119 Å². The van der Waals surface area contributed by atoms with Crippen LogP contribution in [0.15, 0.2) is 36.8 Å². The van der Waals surface area contributed by atoms with Gasteiger partial charge >= 0.3 is 0 Å². The molecule has 6 heteroatoms. The number of hydrogen-bond acceptors (Lipinski definition) is 6. The third-order valence-corrected chi connectivity index (χ3v) is 2.72. The van der Waals surface area contributed by atoms with Crippen LogP contribution in [0.3, 0.4) is 0 Å². The van der Waals surface area contributed by atoms with Gasteiger partial charge in [-0.25, -0.2) is 4.98 Å². The van der Waals surface area contributed by atoms with Crippen molar-refractivity contribution in [2.24, 2.45) is 0 Å². The lowest BCUT2D eigenvalue weighted by atomic mass is 10.3. The molecule has 0 saturated heterocycles. The number of rotatable bonds is 7. The van der Waals surface area contributed by atoms with Crippen LogP contribution in [-0.4, -0.2) is 47.0 Å². The van der Waals surface area contributed by atoms with Crippen LogP contribution in [0.4, 0.5) is 11.8 Å². The van der Waals surface area contributed by atoms with Crippen LogP contribution in [-0.2, 0) is 6.54 Å². The molecule has 6 nitrogen and oxygen atoms in total. The summed E-state index contributed by atoms with van der Waals surface area (Å²) in [4.78, 5) is 14.7. The first-order valence-electron chi connectivity index (χ1n) is 6.58. The smallest absolute Gasteiger partial charge is 0.224 e. The zero-order valence-corrected chi connectivity index (χ0v) is 11.9. The second kappa shape index (κ2) is 7.40. The van der Waals surface area contributed by atoms with Gasteiger partial charge in [-0.05, 0) is 37.9 Å². The second-order valence-corrected chi connectivity index (χ2v) is 4.70. The van der Waals surface area contributed by atoms with E-state index >= 15 is 0 Å². The van der Waals surface area contributed by atoms with Crippen molar-refractivity contribution in [3.63, 3.8) is 0 Å². The van der Waals surface area contributed by atoms with Gasteiger partial charge in [-0.3, -0.25) is 4.98 Å². The van der Waals surface area contributed by atoms with Crippen LogP contribution in [0, 0.1) is 0 Å². The zero-order valence-electron chi connectivity index (χ0n) is 11.9. The average Bonchev–Trinajstić information content (AvgIpc) is 2.46. The fourth-order valence-electron chi connectivity index (χ4n) is 1.63. The molecule has 2 heterocycles. The Morgan fingerprint density at radius 1 is 1.05 bits per heavy atom. The highest BCUT2D eigenvalue weighted by Gasteiger charge is 1.99. The van der Waals surface area contributed by atoms with E-state index in [0.29, 0.717) is 12.5 Å². The van der Waals surface area contributed by atoms with Gasteiger partial charge in [0.1, 0.15) is 5.82 Å². The molecule has 0 aliphatic rings. The first kappa shape index (κ1) is 14.2. The standard InChI is InChI=1S/C14H20N6/c1-20(2)10-9-16-13-5-8-17-14(19-13)18-11-12-3-6-15-7-4-12/h3-8H,9-11H2,1-2H3,(H2,16,17,18,19). The lowest BCUT2D eigenvalue weighted by Gasteiger charge is -2.11. The van der Waals surface area contributed by atoms with Gasteiger partial charge < -0.3 is 15.5 Å². The van der Waals surface area contributed by atoms with E-state index < -0.39 is 0 Å². The summed E-state index contributed by atoms with van der Waals surface area (Å²) >= 11 is 0. The normalized spacial score (nSPS) is 10.6. The number of hydrogen-bond donors (Lipinski definition) is 2. The largest absolute Gasteiger partial charge is 0.369 e. The Hall–Kier alpha value is -2.21. The molecule has 2 N–H and O–H groups in total. The topological polar surface area (TPSA) is 66.0 Å². The lowest BCUT2D eigenvalue weighted by Crippen LogP contribution is -2.21. The van der Waals surface area contributed by atoms with E-state index in [1.54, 1.807) is 18.6 Å². The first-order chi connectivity index (χ1) is 9.74. The van der Waals surface area contributed by atoms with E-state index in [9.17, 15) is 0 Å². The maximum Gasteiger partial charge on any atom is 0.224 e. The van der Waals surface area contributed by atoms with Crippen molar-refractivity contribution in [2.75, 3.05) is 37.8 Å². The molecule has 0 unspecified atom stereocenters. The number of aromatic nitrogens is 3. The highest BCUT2D eigenvalue weighted by molar-refractivity contribution is 5.39. The fourth-order valence-corrected chi connectivity index (χ4v) is 1.63. The minimum Gasteiger partial charge on any atom is -0.369 e. The van der Waals surface area contributed by atoms with Gasteiger partial charge in [-0.1, -0.05) is 0 Å². The van der Waals surface area contributed by atoms with E-state index in [-0.39, 0.29) is 0 Å². The summed E-state index contributed by atoms with van der Waals surface area (Å²) in [5.74, 6) is 1.45. The predicted octanol–water partition coefficient (Wildman–Crippen LogP) is 1.46. The van der Waals surface area contributed by atoms with Gasteiger partial charge in [-0.15, -0.1) is 0 Å².